The molecule has 98 valence electrons. The summed E-state index contributed by atoms with van der Waals surface area (Å²) in [6.07, 6.45) is 3.44. The first-order valence-electron chi connectivity index (χ1n) is 6.60. The summed E-state index contributed by atoms with van der Waals surface area (Å²) >= 11 is 3.54. The van der Waals surface area contributed by atoms with Gasteiger partial charge in [-0.2, -0.15) is 0 Å². The maximum atomic E-state index is 12.7. The Labute approximate surface area is 117 Å². The molecule has 2 rings (SSSR count). The second-order valence-electron chi connectivity index (χ2n) is 5.28. The summed E-state index contributed by atoms with van der Waals surface area (Å²) in [5.74, 6) is 0.158. The zero-order valence-corrected chi connectivity index (χ0v) is 12.8. The van der Waals surface area contributed by atoms with Crippen molar-refractivity contribution in [3.05, 3.63) is 33.8 Å². The van der Waals surface area contributed by atoms with Crippen LogP contribution in [-0.4, -0.2) is 22.9 Å². The first-order valence-corrected chi connectivity index (χ1v) is 7.39. The predicted molar refractivity (Wildman–Crippen MR) is 77.8 cm³/mol. The quantitative estimate of drug-likeness (QED) is 0.762. The molecule has 1 amide bonds. The number of amides is 1. The van der Waals surface area contributed by atoms with Crippen LogP contribution in [0.1, 0.15) is 49.0 Å². The van der Waals surface area contributed by atoms with Gasteiger partial charge in [0.25, 0.3) is 5.91 Å². The summed E-state index contributed by atoms with van der Waals surface area (Å²) in [4.78, 5) is 14.7. The maximum absolute atomic E-state index is 12.7. The normalized spacial score (nSPS) is 24.1. The van der Waals surface area contributed by atoms with Crippen LogP contribution in [0.15, 0.2) is 22.7 Å². The molecular weight excluding hydrogens is 290 g/mol. The first-order chi connectivity index (χ1) is 8.52. The second kappa shape index (κ2) is 5.43. The van der Waals surface area contributed by atoms with Crippen LogP contribution in [0.2, 0.25) is 0 Å². The molecule has 0 radical (unpaired) electrons. The molecular formula is C15H20BrNO. The number of aryl methyl sites for hydroxylation is 1. The zero-order valence-electron chi connectivity index (χ0n) is 11.2. The summed E-state index contributed by atoms with van der Waals surface area (Å²) < 4.78 is 0.931. The number of likely N-dealkylation sites (tertiary alicyclic amines) is 1. The van der Waals surface area contributed by atoms with Crippen molar-refractivity contribution in [1.82, 2.24) is 4.90 Å². The number of benzene rings is 1. The molecule has 2 unspecified atom stereocenters. The van der Waals surface area contributed by atoms with Crippen molar-refractivity contribution in [2.75, 3.05) is 0 Å². The summed E-state index contributed by atoms with van der Waals surface area (Å²) in [5.41, 5.74) is 1.90. The molecule has 1 aromatic carbocycles. The highest BCUT2D eigenvalue weighted by atomic mass is 79.9. The van der Waals surface area contributed by atoms with Crippen molar-refractivity contribution in [2.24, 2.45) is 0 Å². The highest BCUT2D eigenvalue weighted by Crippen LogP contribution is 2.28. The highest BCUT2D eigenvalue weighted by molar-refractivity contribution is 9.10. The van der Waals surface area contributed by atoms with Gasteiger partial charge in [0.15, 0.2) is 0 Å². The maximum Gasteiger partial charge on any atom is 0.255 e. The monoisotopic (exact) mass is 309 g/mol. The number of piperidine rings is 1. The summed E-state index contributed by atoms with van der Waals surface area (Å²) in [5, 5.41) is 0. The number of nitrogens with zero attached hydrogens (tertiary/aromatic N) is 1. The first kappa shape index (κ1) is 13.6. The van der Waals surface area contributed by atoms with E-state index in [0.717, 1.165) is 28.4 Å². The van der Waals surface area contributed by atoms with Crippen LogP contribution in [0.3, 0.4) is 0 Å². The Bertz CT molecular complexity index is 448. The Hall–Kier alpha value is -0.830. The van der Waals surface area contributed by atoms with Gasteiger partial charge in [0.05, 0.1) is 5.56 Å². The van der Waals surface area contributed by atoms with Gasteiger partial charge in [0.2, 0.25) is 0 Å². The Balaban J connectivity index is 2.32. The van der Waals surface area contributed by atoms with E-state index in [-0.39, 0.29) is 5.91 Å². The number of hydrogen-bond acceptors (Lipinski definition) is 1. The molecule has 2 nitrogen and oxygen atoms in total. The number of rotatable bonds is 1. The molecule has 0 bridgehead atoms. The molecule has 1 fully saturated rings. The minimum atomic E-state index is 0.158. The van der Waals surface area contributed by atoms with E-state index in [1.165, 1.54) is 6.42 Å². The van der Waals surface area contributed by atoms with Crippen molar-refractivity contribution >= 4 is 21.8 Å². The summed E-state index contributed by atoms with van der Waals surface area (Å²) in [6.45, 7) is 6.32. The number of halogens is 1. The molecule has 0 N–H and O–H groups in total. The van der Waals surface area contributed by atoms with Gasteiger partial charge >= 0.3 is 0 Å². The van der Waals surface area contributed by atoms with Gasteiger partial charge in [-0.05, 0) is 67.6 Å². The van der Waals surface area contributed by atoms with E-state index in [1.807, 2.05) is 30.0 Å². The van der Waals surface area contributed by atoms with E-state index in [1.54, 1.807) is 0 Å². The Morgan fingerprint density at radius 2 is 1.89 bits per heavy atom. The zero-order chi connectivity index (χ0) is 13.3. The molecule has 1 saturated heterocycles. The molecule has 0 spiro atoms. The molecule has 1 heterocycles. The molecule has 3 heteroatoms. The highest BCUT2D eigenvalue weighted by Gasteiger charge is 2.30. The molecule has 18 heavy (non-hydrogen) atoms. The fourth-order valence-corrected chi connectivity index (χ4v) is 3.21. The molecule has 2 atom stereocenters. The van der Waals surface area contributed by atoms with Crippen LogP contribution in [0.25, 0.3) is 0 Å². The van der Waals surface area contributed by atoms with Crippen LogP contribution < -0.4 is 0 Å². The third-order valence-corrected chi connectivity index (χ3v) is 4.90. The topological polar surface area (TPSA) is 20.3 Å². The van der Waals surface area contributed by atoms with Crippen molar-refractivity contribution < 1.29 is 4.79 Å². The Kier molecular flexibility index (Phi) is 4.10. The molecule has 1 aliphatic heterocycles. The minimum absolute atomic E-state index is 0.158. The lowest BCUT2D eigenvalue weighted by Gasteiger charge is -2.39. The largest absolute Gasteiger partial charge is 0.333 e. The van der Waals surface area contributed by atoms with Gasteiger partial charge in [0, 0.05) is 16.6 Å². The van der Waals surface area contributed by atoms with Crippen LogP contribution >= 0.6 is 15.9 Å². The number of carbonyl (C=O) groups excluding carboxylic acids is 1. The van der Waals surface area contributed by atoms with E-state index in [9.17, 15) is 4.79 Å². The van der Waals surface area contributed by atoms with E-state index in [4.69, 9.17) is 0 Å². The average Bonchev–Trinajstić information content (AvgIpc) is 2.32. The minimum Gasteiger partial charge on any atom is -0.333 e. The molecule has 0 aliphatic carbocycles. The van der Waals surface area contributed by atoms with Crippen molar-refractivity contribution in [2.45, 2.75) is 52.1 Å². The van der Waals surface area contributed by atoms with Crippen molar-refractivity contribution in [1.29, 1.82) is 0 Å². The van der Waals surface area contributed by atoms with Crippen LogP contribution in [0, 0.1) is 6.92 Å². The predicted octanol–water partition coefficient (Wildman–Crippen LogP) is 4.16. The van der Waals surface area contributed by atoms with Gasteiger partial charge in [-0.25, -0.2) is 0 Å². The second-order valence-corrected chi connectivity index (χ2v) is 6.07. The lowest BCUT2D eigenvalue weighted by molar-refractivity contribution is 0.0509. The van der Waals surface area contributed by atoms with Crippen LogP contribution in [-0.2, 0) is 0 Å². The van der Waals surface area contributed by atoms with Gasteiger partial charge in [-0.1, -0.05) is 12.1 Å². The molecule has 1 aromatic rings. The van der Waals surface area contributed by atoms with Crippen molar-refractivity contribution in [3.63, 3.8) is 0 Å². The fraction of sp³-hybridized carbons (Fsp3) is 0.533. The van der Waals surface area contributed by atoms with E-state index in [0.29, 0.717) is 12.1 Å². The summed E-state index contributed by atoms with van der Waals surface area (Å²) in [6, 6.07) is 6.56. The van der Waals surface area contributed by atoms with Crippen LogP contribution in [0.5, 0.6) is 0 Å². The fourth-order valence-electron chi connectivity index (χ4n) is 2.77. The average molecular weight is 310 g/mol. The number of carbonyl (C=O) groups is 1. The van der Waals surface area contributed by atoms with Gasteiger partial charge in [-0.3, -0.25) is 4.79 Å². The van der Waals surface area contributed by atoms with E-state index >= 15 is 0 Å². The lowest BCUT2D eigenvalue weighted by atomic mass is 9.96. The SMILES string of the molecule is Cc1cccc(C(=O)N2C(C)CCCC2C)c1Br. The molecule has 1 aliphatic rings. The smallest absolute Gasteiger partial charge is 0.255 e. The molecule has 0 aromatic heterocycles. The lowest BCUT2D eigenvalue weighted by Crippen LogP contribution is -2.47. The van der Waals surface area contributed by atoms with E-state index < -0.39 is 0 Å². The standard InChI is InChI=1S/C15H20BrNO/c1-10-6-4-9-13(14(10)16)15(18)17-11(2)7-5-8-12(17)3/h4,6,9,11-12H,5,7-8H2,1-3H3. The number of hydrogen-bond donors (Lipinski definition) is 0. The summed E-state index contributed by atoms with van der Waals surface area (Å²) in [7, 11) is 0. The third kappa shape index (κ3) is 2.46. The molecule has 0 saturated carbocycles. The van der Waals surface area contributed by atoms with E-state index in [2.05, 4.69) is 29.8 Å². The third-order valence-electron chi connectivity index (χ3n) is 3.85. The van der Waals surface area contributed by atoms with Gasteiger partial charge < -0.3 is 4.90 Å². The van der Waals surface area contributed by atoms with Gasteiger partial charge in [0.1, 0.15) is 0 Å². The Morgan fingerprint density at radius 3 is 2.50 bits per heavy atom. The van der Waals surface area contributed by atoms with Crippen molar-refractivity contribution in [3.8, 4) is 0 Å². The Morgan fingerprint density at radius 1 is 1.28 bits per heavy atom. The van der Waals surface area contributed by atoms with Crippen LogP contribution in [0.4, 0.5) is 0 Å². The van der Waals surface area contributed by atoms with Gasteiger partial charge in [-0.15, -0.1) is 0 Å².